The van der Waals surface area contributed by atoms with Crippen molar-refractivity contribution in [1.29, 1.82) is 0 Å². The molecule has 5 rings (SSSR count). The lowest BCUT2D eigenvalue weighted by molar-refractivity contribution is -0.136. The first-order valence-electron chi connectivity index (χ1n) is 10.5. The first-order chi connectivity index (χ1) is 15.4. The molecule has 1 aromatic heterocycles. The third kappa shape index (κ3) is 3.09. The maximum atomic E-state index is 14.0. The number of aliphatic carboxylic acids is 1. The second kappa shape index (κ2) is 7.55. The summed E-state index contributed by atoms with van der Waals surface area (Å²) in [5, 5.41) is 11.6. The Balaban J connectivity index is 1.95. The zero-order chi connectivity index (χ0) is 22.6. The number of alkyl halides is 2. The standard InChI is InChI=1S/C26H21F2NO3/c1-13-3-4-16-19(22(13)26(27)28)11-14(2)18(12-21(30)31)24(16)17-5-6-20-23-15(8-10-32-20)7-9-29-25(17)23/h3-7,9,11,26H,8,10,12H2,1-2H3,(H,30,31). The number of carboxylic acids is 1. The summed E-state index contributed by atoms with van der Waals surface area (Å²) in [6.45, 7) is 4.03. The molecular weight excluding hydrogens is 412 g/mol. The number of ether oxygens (including phenoxy) is 1. The Morgan fingerprint density at radius 1 is 1.12 bits per heavy atom. The molecule has 0 saturated carbocycles. The fraction of sp³-hybridized carbons (Fsp3) is 0.231. The van der Waals surface area contributed by atoms with Crippen LogP contribution in [-0.2, 0) is 17.6 Å². The highest BCUT2D eigenvalue weighted by atomic mass is 19.3. The Kier molecular flexibility index (Phi) is 4.81. The van der Waals surface area contributed by atoms with Crippen molar-refractivity contribution in [2.75, 3.05) is 6.61 Å². The molecule has 1 aliphatic rings. The van der Waals surface area contributed by atoms with Crippen LogP contribution >= 0.6 is 0 Å². The molecular formula is C26H21F2NO3. The predicted molar refractivity (Wildman–Crippen MR) is 120 cm³/mol. The van der Waals surface area contributed by atoms with E-state index in [4.69, 9.17) is 4.74 Å². The normalized spacial score (nSPS) is 13.0. The molecule has 0 aliphatic carbocycles. The first kappa shape index (κ1) is 20.4. The third-order valence-corrected chi connectivity index (χ3v) is 6.30. The van der Waals surface area contributed by atoms with E-state index >= 15 is 0 Å². The van der Waals surface area contributed by atoms with Crippen LogP contribution in [0, 0.1) is 13.8 Å². The van der Waals surface area contributed by atoms with Gasteiger partial charge in [0.2, 0.25) is 0 Å². The largest absolute Gasteiger partial charge is 0.493 e. The molecule has 4 nitrogen and oxygen atoms in total. The highest BCUT2D eigenvalue weighted by molar-refractivity contribution is 6.09. The van der Waals surface area contributed by atoms with Crippen LogP contribution in [0.4, 0.5) is 8.78 Å². The van der Waals surface area contributed by atoms with Crippen molar-refractivity contribution in [3.63, 3.8) is 0 Å². The van der Waals surface area contributed by atoms with Crippen LogP contribution in [-0.4, -0.2) is 22.7 Å². The number of pyridine rings is 1. The van der Waals surface area contributed by atoms with Crippen molar-refractivity contribution < 1.29 is 23.4 Å². The van der Waals surface area contributed by atoms with E-state index < -0.39 is 12.4 Å². The molecule has 0 unspecified atom stereocenters. The Hall–Kier alpha value is -3.54. The Morgan fingerprint density at radius 2 is 1.94 bits per heavy atom. The number of aryl methyl sites for hydroxylation is 2. The Bertz CT molecular complexity index is 1400. The van der Waals surface area contributed by atoms with E-state index in [1.807, 2.05) is 24.3 Å². The molecule has 32 heavy (non-hydrogen) atoms. The van der Waals surface area contributed by atoms with Gasteiger partial charge in [-0.3, -0.25) is 9.78 Å². The summed E-state index contributed by atoms with van der Waals surface area (Å²) >= 11 is 0. The average Bonchev–Trinajstić information content (AvgIpc) is 2.75. The fourth-order valence-electron chi connectivity index (χ4n) is 4.86. The molecule has 1 aliphatic heterocycles. The molecule has 6 heteroatoms. The number of hydrogen-bond acceptors (Lipinski definition) is 3. The number of carbonyl (C=O) groups is 1. The first-order valence-corrected chi connectivity index (χ1v) is 10.5. The van der Waals surface area contributed by atoms with Gasteiger partial charge in [-0.05, 0) is 70.6 Å². The van der Waals surface area contributed by atoms with Gasteiger partial charge >= 0.3 is 5.97 Å². The summed E-state index contributed by atoms with van der Waals surface area (Å²) in [7, 11) is 0. The molecule has 3 aromatic carbocycles. The fourth-order valence-corrected chi connectivity index (χ4v) is 4.86. The van der Waals surface area contributed by atoms with Gasteiger partial charge in [-0.1, -0.05) is 18.2 Å². The zero-order valence-corrected chi connectivity index (χ0v) is 17.7. The minimum absolute atomic E-state index is 0.0206. The van der Waals surface area contributed by atoms with E-state index in [1.54, 1.807) is 32.2 Å². The topological polar surface area (TPSA) is 59.4 Å². The summed E-state index contributed by atoms with van der Waals surface area (Å²) in [6, 6.07) is 10.9. The van der Waals surface area contributed by atoms with E-state index in [0.717, 1.165) is 28.7 Å². The highest BCUT2D eigenvalue weighted by Gasteiger charge is 2.24. The molecule has 0 radical (unpaired) electrons. The number of carboxylic acid groups (broad SMARTS) is 1. The monoisotopic (exact) mass is 433 g/mol. The van der Waals surface area contributed by atoms with Crippen molar-refractivity contribution in [2.24, 2.45) is 0 Å². The molecule has 0 saturated heterocycles. The summed E-state index contributed by atoms with van der Waals surface area (Å²) in [4.78, 5) is 16.4. The van der Waals surface area contributed by atoms with E-state index in [9.17, 15) is 18.7 Å². The Labute approximate surface area is 183 Å². The summed E-state index contributed by atoms with van der Waals surface area (Å²) < 4.78 is 33.9. The van der Waals surface area contributed by atoms with Gasteiger partial charge in [-0.2, -0.15) is 0 Å². The summed E-state index contributed by atoms with van der Waals surface area (Å²) in [5.74, 6) is -0.243. The number of fused-ring (bicyclic) bond motifs is 1. The van der Waals surface area contributed by atoms with Crippen molar-refractivity contribution in [1.82, 2.24) is 4.98 Å². The molecule has 0 amide bonds. The van der Waals surface area contributed by atoms with E-state index in [0.29, 0.717) is 45.1 Å². The van der Waals surface area contributed by atoms with Crippen molar-refractivity contribution in [3.8, 4) is 16.9 Å². The number of rotatable bonds is 4. The van der Waals surface area contributed by atoms with E-state index in [1.165, 1.54) is 0 Å². The second-order valence-electron chi connectivity index (χ2n) is 8.21. The maximum Gasteiger partial charge on any atom is 0.307 e. The van der Waals surface area contributed by atoms with Crippen molar-refractivity contribution >= 4 is 27.6 Å². The average molecular weight is 433 g/mol. The van der Waals surface area contributed by atoms with Crippen molar-refractivity contribution in [3.05, 3.63) is 70.4 Å². The number of halogens is 2. The molecule has 4 aromatic rings. The van der Waals surface area contributed by atoms with Gasteiger partial charge in [0.25, 0.3) is 6.43 Å². The number of hydrogen-bond donors (Lipinski definition) is 1. The lowest BCUT2D eigenvalue weighted by Crippen LogP contribution is -2.10. The molecule has 162 valence electrons. The second-order valence-corrected chi connectivity index (χ2v) is 8.21. The van der Waals surface area contributed by atoms with Crippen molar-refractivity contribution in [2.45, 2.75) is 33.1 Å². The molecule has 0 spiro atoms. The minimum Gasteiger partial charge on any atom is -0.493 e. The zero-order valence-electron chi connectivity index (χ0n) is 17.7. The smallest absolute Gasteiger partial charge is 0.307 e. The van der Waals surface area contributed by atoms with Crippen LogP contribution in [0.15, 0.2) is 42.6 Å². The van der Waals surface area contributed by atoms with Crippen LogP contribution in [0.2, 0.25) is 0 Å². The lowest BCUT2D eigenvalue weighted by Gasteiger charge is -2.22. The summed E-state index contributed by atoms with van der Waals surface area (Å²) in [6.07, 6.45) is -0.367. The van der Waals surface area contributed by atoms with Crippen LogP contribution in [0.3, 0.4) is 0 Å². The van der Waals surface area contributed by atoms with Gasteiger partial charge in [0, 0.05) is 29.1 Å². The van der Waals surface area contributed by atoms with E-state index in [2.05, 4.69) is 4.98 Å². The van der Waals surface area contributed by atoms with Gasteiger partial charge in [-0.25, -0.2) is 8.78 Å². The Morgan fingerprint density at radius 3 is 2.69 bits per heavy atom. The number of nitrogens with zero attached hydrogens (tertiary/aromatic N) is 1. The van der Waals surface area contributed by atoms with Gasteiger partial charge < -0.3 is 9.84 Å². The van der Waals surface area contributed by atoms with Crippen LogP contribution < -0.4 is 4.74 Å². The third-order valence-electron chi connectivity index (χ3n) is 6.30. The number of benzene rings is 3. The van der Waals surface area contributed by atoms with Gasteiger partial charge in [0.15, 0.2) is 0 Å². The van der Waals surface area contributed by atoms with Gasteiger partial charge in [0.1, 0.15) is 5.75 Å². The molecule has 1 N–H and O–H groups in total. The summed E-state index contributed by atoms with van der Waals surface area (Å²) in [5.41, 5.74) is 4.93. The molecule has 2 heterocycles. The molecule has 0 fully saturated rings. The predicted octanol–water partition coefficient (Wildman–Crippen LogP) is 6.17. The maximum absolute atomic E-state index is 14.0. The van der Waals surface area contributed by atoms with Gasteiger partial charge in [0.05, 0.1) is 18.5 Å². The SMILES string of the molecule is Cc1cc2c(C(F)F)c(C)ccc2c(-c2ccc3c4c(ccnc24)CCO3)c1CC(=O)O. The van der Waals surface area contributed by atoms with E-state index in [-0.39, 0.29) is 12.0 Å². The van der Waals surface area contributed by atoms with Crippen LogP contribution in [0.5, 0.6) is 5.75 Å². The van der Waals surface area contributed by atoms with Crippen LogP contribution in [0.25, 0.3) is 32.8 Å². The highest BCUT2D eigenvalue weighted by Crippen LogP contribution is 2.44. The van der Waals surface area contributed by atoms with Gasteiger partial charge in [-0.15, -0.1) is 0 Å². The number of aromatic nitrogens is 1. The van der Waals surface area contributed by atoms with Crippen LogP contribution in [0.1, 0.15) is 34.2 Å². The lowest BCUT2D eigenvalue weighted by atomic mass is 9.85. The minimum atomic E-state index is -2.64. The quantitative estimate of drug-likeness (QED) is 0.418. The molecule has 0 bridgehead atoms. The molecule has 0 atom stereocenters.